The molecule has 3 unspecified atom stereocenters. The van der Waals surface area contributed by atoms with E-state index in [1.165, 1.54) is 24.8 Å². The first-order valence-corrected chi connectivity index (χ1v) is 8.83. The number of hydrogen-bond donors (Lipinski definition) is 2. The second-order valence-electron chi connectivity index (χ2n) is 6.45. The first-order chi connectivity index (χ1) is 11.2. The van der Waals surface area contributed by atoms with Gasteiger partial charge < -0.3 is 14.6 Å². The lowest BCUT2D eigenvalue weighted by molar-refractivity contribution is -0.190. The van der Waals surface area contributed by atoms with Crippen LogP contribution in [0.4, 0.5) is 0 Å². The van der Waals surface area contributed by atoms with Crippen molar-refractivity contribution < 1.29 is 14.6 Å². The van der Waals surface area contributed by atoms with Gasteiger partial charge in [-0.3, -0.25) is 5.32 Å². The molecule has 3 atom stereocenters. The quantitative estimate of drug-likeness (QED) is 0.717. The Bertz CT molecular complexity index is 460. The minimum Gasteiger partial charge on any atom is -0.374 e. The largest absolute Gasteiger partial charge is 0.374 e. The predicted molar refractivity (Wildman–Crippen MR) is 92.1 cm³/mol. The van der Waals surface area contributed by atoms with Gasteiger partial charge in [0.2, 0.25) is 6.41 Å². The summed E-state index contributed by atoms with van der Waals surface area (Å²) in [6.07, 6.45) is 5.45. The predicted octanol–water partition coefficient (Wildman–Crippen LogP) is 3.68. The molecule has 1 aromatic rings. The number of benzene rings is 1. The van der Waals surface area contributed by atoms with Crippen LogP contribution in [0.1, 0.15) is 62.7 Å². The van der Waals surface area contributed by atoms with Crippen LogP contribution >= 0.6 is 0 Å². The first kappa shape index (κ1) is 18.4. The van der Waals surface area contributed by atoms with E-state index in [1.807, 2.05) is 12.1 Å². The Morgan fingerprint density at radius 1 is 1.22 bits per heavy atom. The van der Waals surface area contributed by atoms with Gasteiger partial charge in [-0.15, -0.1) is 0 Å². The second kappa shape index (κ2) is 9.38. The third kappa shape index (κ3) is 5.28. The smallest absolute Gasteiger partial charge is 0.214 e. The second-order valence-corrected chi connectivity index (χ2v) is 6.45. The average Bonchev–Trinajstić information content (AvgIpc) is 2.57. The van der Waals surface area contributed by atoms with E-state index in [0.29, 0.717) is 6.04 Å². The topological polar surface area (TPSA) is 50.7 Å². The van der Waals surface area contributed by atoms with Crippen LogP contribution in [0.3, 0.4) is 0 Å². The highest BCUT2D eigenvalue weighted by atomic mass is 16.6. The van der Waals surface area contributed by atoms with Gasteiger partial charge in [-0.25, -0.2) is 0 Å². The van der Waals surface area contributed by atoms with Crippen LogP contribution in [0.5, 0.6) is 0 Å². The van der Waals surface area contributed by atoms with Gasteiger partial charge in [0.25, 0.3) is 0 Å². The molecule has 0 spiro atoms. The van der Waals surface area contributed by atoms with E-state index >= 15 is 0 Å². The third-order valence-electron chi connectivity index (χ3n) is 4.78. The maximum Gasteiger partial charge on any atom is 0.214 e. The van der Waals surface area contributed by atoms with Crippen molar-refractivity contribution in [2.75, 3.05) is 7.11 Å². The minimum atomic E-state index is -0.940. The Morgan fingerprint density at radius 2 is 1.91 bits per heavy atom. The van der Waals surface area contributed by atoms with Crippen LogP contribution in [0.25, 0.3) is 0 Å². The molecule has 0 bridgehead atoms. The highest BCUT2D eigenvalue weighted by Gasteiger charge is 2.27. The van der Waals surface area contributed by atoms with E-state index in [0.717, 1.165) is 24.8 Å². The Kier molecular flexibility index (Phi) is 7.50. The summed E-state index contributed by atoms with van der Waals surface area (Å²) in [6.45, 7) is 4.13. The van der Waals surface area contributed by atoms with Crippen molar-refractivity contribution >= 4 is 0 Å². The highest BCUT2D eigenvalue weighted by molar-refractivity contribution is 5.28. The third-order valence-corrected chi connectivity index (χ3v) is 4.78. The van der Waals surface area contributed by atoms with E-state index in [1.54, 1.807) is 7.11 Å². The normalized spacial score (nSPS) is 20.2. The van der Waals surface area contributed by atoms with Crippen LogP contribution in [0, 0.1) is 6.92 Å². The Balaban J connectivity index is 1.97. The summed E-state index contributed by atoms with van der Waals surface area (Å²) in [4.78, 5) is 0. The van der Waals surface area contributed by atoms with Crippen molar-refractivity contribution in [3.8, 4) is 0 Å². The number of aliphatic hydroxyl groups is 1. The molecule has 4 nitrogen and oxygen atoms in total. The molecule has 130 valence electrons. The van der Waals surface area contributed by atoms with E-state index in [4.69, 9.17) is 9.47 Å². The lowest BCUT2D eigenvalue weighted by atomic mass is 9.96. The number of rotatable bonds is 8. The fourth-order valence-corrected chi connectivity index (χ4v) is 3.44. The molecule has 1 fully saturated rings. The molecule has 1 aromatic carbocycles. The van der Waals surface area contributed by atoms with Gasteiger partial charge in [0.05, 0.1) is 6.10 Å². The van der Waals surface area contributed by atoms with Gasteiger partial charge in [0.15, 0.2) is 0 Å². The molecule has 0 radical (unpaired) electrons. The lowest BCUT2D eigenvalue weighted by Crippen LogP contribution is -2.43. The van der Waals surface area contributed by atoms with Crippen molar-refractivity contribution in [1.29, 1.82) is 0 Å². The standard InChI is InChI=1S/C19H31NO3/c1-4-17(18(22-3)16-13-9-8-10-14(16)2)23-19(21)20-15-11-6-5-7-12-15/h8-10,13,15,17-21H,4-7,11-12H2,1-3H3. The summed E-state index contributed by atoms with van der Waals surface area (Å²) in [5, 5.41) is 13.5. The summed E-state index contributed by atoms with van der Waals surface area (Å²) in [7, 11) is 1.70. The number of aryl methyl sites for hydroxylation is 1. The van der Waals surface area contributed by atoms with E-state index < -0.39 is 6.41 Å². The molecule has 1 saturated carbocycles. The van der Waals surface area contributed by atoms with E-state index in [9.17, 15) is 5.11 Å². The highest BCUT2D eigenvalue weighted by Crippen LogP contribution is 2.28. The fraction of sp³-hybridized carbons (Fsp3) is 0.684. The lowest BCUT2D eigenvalue weighted by Gasteiger charge is -2.31. The molecule has 0 heterocycles. The molecule has 0 amide bonds. The summed E-state index contributed by atoms with van der Waals surface area (Å²) >= 11 is 0. The molecule has 23 heavy (non-hydrogen) atoms. The molecule has 0 aliphatic heterocycles. The molecule has 4 heteroatoms. The van der Waals surface area contributed by atoms with Crippen LogP contribution < -0.4 is 5.32 Å². The average molecular weight is 321 g/mol. The number of ether oxygens (including phenoxy) is 2. The van der Waals surface area contributed by atoms with Crippen LogP contribution in [-0.4, -0.2) is 30.8 Å². The summed E-state index contributed by atoms with van der Waals surface area (Å²) in [5.74, 6) is 0. The van der Waals surface area contributed by atoms with E-state index in [-0.39, 0.29) is 12.2 Å². The molecule has 2 N–H and O–H groups in total. The van der Waals surface area contributed by atoms with Gasteiger partial charge >= 0.3 is 0 Å². The monoisotopic (exact) mass is 321 g/mol. The van der Waals surface area contributed by atoms with Gasteiger partial charge in [0.1, 0.15) is 6.10 Å². The molecule has 1 aliphatic carbocycles. The zero-order valence-corrected chi connectivity index (χ0v) is 14.6. The number of hydrogen-bond acceptors (Lipinski definition) is 4. The number of nitrogens with one attached hydrogen (secondary N) is 1. The van der Waals surface area contributed by atoms with E-state index in [2.05, 4.69) is 31.3 Å². The zero-order valence-electron chi connectivity index (χ0n) is 14.6. The van der Waals surface area contributed by atoms with Crippen LogP contribution in [-0.2, 0) is 9.47 Å². The number of aliphatic hydroxyl groups excluding tert-OH is 1. The van der Waals surface area contributed by atoms with Crippen molar-refractivity contribution in [2.45, 2.75) is 77.0 Å². The first-order valence-electron chi connectivity index (χ1n) is 8.83. The molecule has 2 rings (SSSR count). The maximum atomic E-state index is 10.3. The molecule has 1 aliphatic rings. The van der Waals surface area contributed by atoms with Crippen molar-refractivity contribution in [3.63, 3.8) is 0 Å². The Morgan fingerprint density at radius 3 is 2.52 bits per heavy atom. The number of methoxy groups -OCH3 is 1. The van der Waals surface area contributed by atoms with Gasteiger partial charge in [-0.2, -0.15) is 0 Å². The zero-order chi connectivity index (χ0) is 16.7. The van der Waals surface area contributed by atoms with Gasteiger partial charge in [-0.05, 0) is 37.3 Å². The van der Waals surface area contributed by atoms with Gasteiger partial charge in [-0.1, -0.05) is 50.5 Å². The minimum absolute atomic E-state index is 0.177. The maximum absolute atomic E-state index is 10.3. The Labute approximate surface area is 140 Å². The summed E-state index contributed by atoms with van der Waals surface area (Å²) < 4.78 is 11.6. The van der Waals surface area contributed by atoms with Gasteiger partial charge in [0, 0.05) is 13.2 Å². The molecule has 0 aromatic heterocycles. The van der Waals surface area contributed by atoms with Crippen LogP contribution in [0.2, 0.25) is 0 Å². The summed E-state index contributed by atoms with van der Waals surface area (Å²) in [5.41, 5.74) is 2.29. The molecule has 0 saturated heterocycles. The van der Waals surface area contributed by atoms with Crippen molar-refractivity contribution in [3.05, 3.63) is 35.4 Å². The van der Waals surface area contributed by atoms with Crippen LogP contribution in [0.15, 0.2) is 24.3 Å². The van der Waals surface area contributed by atoms with Crippen molar-refractivity contribution in [2.24, 2.45) is 0 Å². The summed E-state index contributed by atoms with van der Waals surface area (Å²) in [6, 6.07) is 8.53. The van der Waals surface area contributed by atoms with Crippen molar-refractivity contribution in [1.82, 2.24) is 5.32 Å². The Hall–Kier alpha value is -0.940. The molecular weight excluding hydrogens is 290 g/mol. The molecular formula is C19H31NO3. The fourth-order valence-electron chi connectivity index (χ4n) is 3.44. The SMILES string of the molecule is CCC(OC(O)NC1CCCCC1)C(OC)c1ccccc1C.